The molecular weight excluding hydrogens is 861 g/mol. The van der Waals surface area contributed by atoms with E-state index in [2.05, 4.69) is 24.6 Å². The lowest BCUT2D eigenvalue weighted by Gasteiger charge is -2.27. The minimum atomic E-state index is -2.99. The van der Waals surface area contributed by atoms with Crippen LogP contribution < -0.4 is 28.7 Å². The molecule has 13 nitrogen and oxygen atoms in total. The molecule has 0 bridgehead atoms. The molecule has 15 heteroatoms. The van der Waals surface area contributed by atoms with Gasteiger partial charge in [0.05, 0.1) is 37.5 Å². The van der Waals surface area contributed by atoms with E-state index in [4.69, 9.17) is 23.7 Å². The van der Waals surface area contributed by atoms with Crippen molar-refractivity contribution in [3.05, 3.63) is 150 Å². The molecule has 0 aliphatic rings. The van der Waals surface area contributed by atoms with Crippen molar-refractivity contribution in [1.82, 2.24) is 15.0 Å². The summed E-state index contributed by atoms with van der Waals surface area (Å²) in [7, 11) is 1.62. The molecule has 0 N–H and O–H groups in total. The van der Waals surface area contributed by atoms with E-state index in [1.54, 1.807) is 96.7 Å². The van der Waals surface area contributed by atoms with E-state index in [1.165, 1.54) is 12.4 Å². The molecule has 354 valence electrons. The standard InChI is InChI=1S/C26H29F2N3O4.C26H30N2O4/c1-17(2)33-23-12-21(9-10-22(23)34-25(27)28)31(15-18-13-29-16-30-14-18)20-8-6-7-19(11-20)24(32)35-26(3,4)5;1-6-31-23-13-12-22(16-24(23)30-5)28(18-19-9-8-14-27-17-19)21-11-7-10-20(15-21)25(29)32-26(2,3)4/h6-14,16-17,25H,15H2,1-5H3;7-17H,6,18H2,1-5H3. The Morgan fingerprint density at radius 1 is 0.597 bits per heavy atom. The molecular formula is C52H59F2N5O8. The van der Waals surface area contributed by atoms with Gasteiger partial charge in [0.2, 0.25) is 0 Å². The number of hydrogen-bond donors (Lipinski definition) is 0. The minimum absolute atomic E-state index is 0.0667. The molecule has 0 aliphatic heterocycles. The van der Waals surface area contributed by atoms with Gasteiger partial charge < -0.3 is 38.2 Å². The topological polar surface area (TPSA) is 135 Å². The second-order valence-electron chi connectivity index (χ2n) is 17.3. The summed E-state index contributed by atoms with van der Waals surface area (Å²) in [6, 6.07) is 28.8. The van der Waals surface area contributed by atoms with E-state index in [-0.39, 0.29) is 23.6 Å². The quantitative estimate of drug-likeness (QED) is 0.0804. The van der Waals surface area contributed by atoms with Crippen molar-refractivity contribution >= 4 is 34.7 Å². The van der Waals surface area contributed by atoms with Gasteiger partial charge >= 0.3 is 18.6 Å². The Hall–Kier alpha value is -7.29. The molecule has 0 radical (unpaired) electrons. The number of rotatable bonds is 17. The van der Waals surface area contributed by atoms with E-state index in [9.17, 15) is 18.4 Å². The molecule has 0 amide bonds. The first-order valence-corrected chi connectivity index (χ1v) is 21.7. The summed E-state index contributed by atoms with van der Waals surface area (Å²) >= 11 is 0. The predicted molar refractivity (Wildman–Crippen MR) is 254 cm³/mol. The summed E-state index contributed by atoms with van der Waals surface area (Å²) in [5.41, 5.74) is 4.55. The highest BCUT2D eigenvalue weighted by Gasteiger charge is 2.23. The average molecular weight is 920 g/mol. The maximum atomic E-state index is 12.9. The maximum absolute atomic E-state index is 12.9. The molecule has 0 spiro atoms. The van der Waals surface area contributed by atoms with Crippen LogP contribution in [0.5, 0.6) is 23.0 Å². The van der Waals surface area contributed by atoms with Crippen LogP contribution in [0.3, 0.4) is 0 Å². The number of ether oxygens (including phenoxy) is 6. The summed E-state index contributed by atoms with van der Waals surface area (Å²) in [4.78, 5) is 41.7. The van der Waals surface area contributed by atoms with E-state index >= 15 is 0 Å². The SMILES string of the molecule is CC(C)Oc1cc(N(Cc2cncnc2)c2cccc(C(=O)OC(C)(C)C)c2)ccc1OC(F)F.CCOc1ccc(N(Cc2cccnc2)c2cccc(C(=O)OC(C)(C)C)c2)cc1OC. The fourth-order valence-electron chi connectivity index (χ4n) is 6.51. The fraction of sp³-hybridized carbons (Fsp3) is 0.327. The number of aromatic nitrogens is 3. The van der Waals surface area contributed by atoms with Gasteiger partial charge in [-0.1, -0.05) is 18.2 Å². The van der Waals surface area contributed by atoms with Crippen LogP contribution in [0.4, 0.5) is 31.5 Å². The highest BCUT2D eigenvalue weighted by Crippen LogP contribution is 2.39. The van der Waals surface area contributed by atoms with Crippen LogP contribution >= 0.6 is 0 Å². The monoisotopic (exact) mass is 919 g/mol. The van der Waals surface area contributed by atoms with Crippen LogP contribution in [0.1, 0.15) is 94.2 Å². The lowest BCUT2D eigenvalue weighted by molar-refractivity contribution is -0.0519. The zero-order chi connectivity index (χ0) is 48.7. The molecule has 0 saturated carbocycles. The Balaban J connectivity index is 0.000000252. The zero-order valence-corrected chi connectivity index (χ0v) is 39.7. The van der Waals surface area contributed by atoms with E-state index in [0.29, 0.717) is 53.7 Å². The first-order chi connectivity index (χ1) is 31.8. The van der Waals surface area contributed by atoms with E-state index < -0.39 is 23.8 Å². The van der Waals surface area contributed by atoms with Gasteiger partial charge in [0, 0.05) is 71.8 Å². The first kappa shape index (κ1) is 50.7. The van der Waals surface area contributed by atoms with Gasteiger partial charge in [-0.25, -0.2) is 19.6 Å². The summed E-state index contributed by atoms with van der Waals surface area (Å²) in [5, 5.41) is 0. The number of carbonyl (C=O) groups is 2. The first-order valence-electron chi connectivity index (χ1n) is 21.7. The van der Waals surface area contributed by atoms with Crippen molar-refractivity contribution in [2.24, 2.45) is 0 Å². The largest absolute Gasteiger partial charge is 0.493 e. The number of pyridine rings is 1. The Bertz CT molecular complexity index is 2530. The smallest absolute Gasteiger partial charge is 0.387 e. The molecule has 0 unspecified atom stereocenters. The Morgan fingerprint density at radius 3 is 1.58 bits per heavy atom. The molecule has 6 rings (SSSR count). The second-order valence-corrected chi connectivity index (χ2v) is 17.3. The molecule has 0 saturated heterocycles. The van der Waals surface area contributed by atoms with Crippen molar-refractivity contribution in [2.45, 2.75) is 99.3 Å². The summed E-state index contributed by atoms with van der Waals surface area (Å²) in [6.45, 7) is 15.0. The molecule has 6 aromatic rings. The van der Waals surface area contributed by atoms with Crippen LogP contribution in [-0.2, 0) is 22.6 Å². The van der Waals surface area contributed by atoms with Crippen LogP contribution in [0.2, 0.25) is 0 Å². The van der Waals surface area contributed by atoms with Crippen LogP contribution in [0.25, 0.3) is 0 Å². The number of esters is 2. The molecule has 0 aliphatic carbocycles. The average Bonchev–Trinajstić information content (AvgIpc) is 3.28. The summed E-state index contributed by atoms with van der Waals surface area (Å²) in [6.07, 6.45) is 8.10. The third-order valence-electron chi connectivity index (χ3n) is 9.18. The Labute approximate surface area is 391 Å². The van der Waals surface area contributed by atoms with Gasteiger partial charge in [-0.15, -0.1) is 0 Å². The lowest BCUT2D eigenvalue weighted by atomic mass is 10.1. The van der Waals surface area contributed by atoms with Gasteiger partial charge in [0.25, 0.3) is 0 Å². The van der Waals surface area contributed by atoms with E-state index in [0.717, 1.165) is 22.5 Å². The van der Waals surface area contributed by atoms with E-state index in [1.807, 2.05) is 93.4 Å². The summed E-state index contributed by atoms with van der Waals surface area (Å²) in [5.74, 6) is 0.626. The number of alkyl halides is 2. The third kappa shape index (κ3) is 15.7. The molecule has 0 atom stereocenters. The maximum Gasteiger partial charge on any atom is 0.387 e. The van der Waals surface area contributed by atoms with Crippen molar-refractivity contribution in [2.75, 3.05) is 23.5 Å². The summed E-state index contributed by atoms with van der Waals surface area (Å²) < 4.78 is 58.6. The van der Waals surface area contributed by atoms with Crippen LogP contribution in [0.15, 0.2) is 128 Å². The Kier molecular flexibility index (Phi) is 17.6. The van der Waals surface area contributed by atoms with Gasteiger partial charge in [0.1, 0.15) is 17.5 Å². The van der Waals surface area contributed by atoms with Gasteiger partial charge in [-0.3, -0.25) is 4.98 Å². The molecule has 0 fully saturated rings. The van der Waals surface area contributed by atoms with Crippen molar-refractivity contribution in [3.8, 4) is 23.0 Å². The minimum Gasteiger partial charge on any atom is -0.493 e. The number of benzene rings is 4. The number of anilines is 4. The number of hydrogen-bond acceptors (Lipinski definition) is 13. The second kappa shape index (κ2) is 23.2. The number of methoxy groups -OCH3 is 1. The van der Waals surface area contributed by atoms with Crippen molar-refractivity contribution < 1.29 is 46.8 Å². The molecule has 67 heavy (non-hydrogen) atoms. The molecule has 4 aromatic carbocycles. The molecule has 2 aromatic heterocycles. The fourth-order valence-corrected chi connectivity index (χ4v) is 6.51. The normalized spacial score (nSPS) is 11.3. The predicted octanol–water partition coefficient (Wildman–Crippen LogP) is 11.9. The Morgan fingerprint density at radius 2 is 1.10 bits per heavy atom. The van der Waals surface area contributed by atoms with Crippen molar-refractivity contribution in [3.63, 3.8) is 0 Å². The number of nitrogens with zero attached hydrogens (tertiary/aromatic N) is 5. The highest BCUT2D eigenvalue weighted by molar-refractivity contribution is 5.92. The third-order valence-corrected chi connectivity index (χ3v) is 9.18. The van der Waals surface area contributed by atoms with Crippen LogP contribution in [-0.4, -0.2) is 64.5 Å². The van der Waals surface area contributed by atoms with Gasteiger partial charge in [0.15, 0.2) is 23.0 Å². The lowest BCUT2D eigenvalue weighted by Crippen LogP contribution is -2.24. The number of carbonyl (C=O) groups excluding carboxylic acids is 2. The van der Waals surface area contributed by atoms with Gasteiger partial charge in [-0.2, -0.15) is 8.78 Å². The van der Waals surface area contributed by atoms with Crippen molar-refractivity contribution in [1.29, 1.82) is 0 Å². The molecule has 2 heterocycles. The van der Waals surface area contributed by atoms with Crippen LogP contribution in [0, 0.1) is 0 Å². The number of halogens is 2. The highest BCUT2D eigenvalue weighted by atomic mass is 19.3. The van der Waals surface area contributed by atoms with Gasteiger partial charge in [-0.05, 0) is 135 Å². The zero-order valence-electron chi connectivity index (χ0n) is 39.7.